The molecule has 0 N–H and O–H groups in total. The first kappa shape index (κ1) is 13.3. The van der Waals surface area contributed by atoms with Crippen LogP contribution in [-0.2, 0) is 0 Å². The average Bonchev–Trinajstić information content (AvgIpc) is 2.69. The van der Waals surface area contributed by atoms with E-state index in [1.807, 2.05) is 0 Å². The fourth-order valence-corrected chi connectivity index (χ4v) is 4.88. The molecule has 0 radical (unpaired) electrons. The van der Waals surface area contributed by atoms with Crippen LogP contribution in [0.3, 0.4) is 0 Å². The zero-order valence-corrected chi connectivity index (χ0v) is 14.0. The molecule has 1 aliphatic rings. The summed E-state index contributed by atoms with van der Waals surface area (Å²) in [5.74, 6) is 0. The van der Waals surface area contributed by atoms with Crippen molar-refractivity contribution < 1.29 is 0 Å². The van der Waals surface area contributed by atoms with Crippen LogP contribution < -0.4 is 0 Å². The number of nitrogens with zero attached hydrogens (tertiary/aromatic N) is 1. The SMILES string of the molecule is CCCCN=C1[Se]/C(=C(\C)I)c2ccccc21. The van der Waals surface area contributed by atoms with E-state index in [2.05, 4.69) is 60.7 Å². The van der Waals surface area contributed by atoms with Gasteiger partial charge in [-0.05, 0) is 0 Å². The van der Waals surface area contributed by atoms with Crippen molar-refractivity contribution >= 4 is 46.6 Å². The molecule has 2 rings (SSSR count). The third kappa shape index (κ3) is 3.01. The van der Waals surface area contributed by atoms with E-state index in [4.69, 9.17) is 4.99 Å². The Kier molecular flexibility index (Phi) is 4.83. The monoisotopic (exact) mass is 405 g/mol. The molecule has 0 aromatic heterocycles. The molecule has 3 heteroatoms. The Bertz CT molecular complexity index is 473. The van der Waals surface area contributed by atoms with Gasteiger partial charge in [-0.15, -0.1) is 0 Å². The van der Waals surface area contributed by atoms with Crippen molar-refractivity contribution in [1.82, 2.24) is 0 Å². The molecule has 0 bridgehead atoms. The summed E-state index contributed by atoms with van der Waals surface area (Å²) in [7, 11) is 0. The second kappa shape index (κ2) is 6.17. The van der Waals surface area contributed by atoms with Crippen molar-refractivity contribution in [3.63, 3.8) is 0 Å². The van der Waals surface area contributed by atoms with Crippen LogP contribution >= 0.6 is 22.6 Å². The molecule has 0 atom stereocenters. The van der Waals surface area contributed by atoms with Crippen LogP contribution in [-0.4, -0.2) is 26.1 Å². The number of hydrogen-bond acceptors (Lipinski definition) is 1. The Morgan fingerprint density at radius 1 is 1.29 bits per heavy atom. The molecule has 1 aromatic rings. The summed E-state index contributed by atoms with van der Waals surface area (Å²) in [5, 5.41) is 0. The molecule has 1 aromatic carbocycles. The van der Waals surface area contributed by atoms with E-state index in [1.54, 1.807) is 0 Å². The van der Waals surface area contributed by atoms with Gasteiger partial charge in [-0.25, -0.2) is 0 Å². The number of allylic oxidation sites excluding steroid dienone is 1. The van der Waals surface area contributed by atoms with E-state index in [1.165, 1.54) is 36.6 Å². The van der Waals surface area contributed by atoms with Crippen LogP contribution in [0.1, 0.15) is 37.8 Å². The molecule has 0 fully saturated rings. The Labute approximate surface area is 123 Å². The fraction of sp³-hybridized carbons (Fsp3) is 0.357. The molecule has 90 valence electrons. The molecule has 0 saturated heterocycles. The van der Waals surface area contributed by atoms with Crippen LogP contribution in [0, 0.1) is 0 Å². The Morgan fingerprint density at radius 3 is 2.65 bits per heavy atom. The average molecular weight is 404 g/mol. The zero-order valence-electron chi connectivity index (χ0n) is 10.2. The summed E-state index contributed by atoms with van der Waals surface area (Å²) in [5.41, 5.74) is 2.78. The Balaban J connectivity index is 2.36. The normalized spacial score (nSPS) is 19.6. The fourth-order valence-electron chi connectivity index (χ4n) is 1.79. The van der Waals surface area contributed by atoms with E-state index in [9.17, 15) is 0 Å². The zero-order chi connectivity index (χ0) is 12.3. The van der Waals surface area contributed by atoms with Gasteiger partial charge >= 0.3 is 124 Å². The quantitative estimate of drug-likeness (QED) is 0.409. The number of aliphatic imine (C=N–C) groups is 1. The third-order valence-electron chi connectivity index (χ3n) is 2.68. The van der Waals surface area contributed by atoms with E-state index >= 15 is 0 Å². The van der Waals surface area contributed by atoms with Crippen molar-refractivity contribution in [2.45, 2.75) is 26.7 Å². The molecule has 0 amide bonds. The molecule has 17 heavy (non-hydrogen) atoms. The maximum absolute atomic E-state index is 4.79. The van der Waals surface area contributed by atoms with Gasteiger partial charge in [0.05, 0.1) is 0 Å². The van der Waals surface area contributed by atoms with Crippen molar-refractivity contribution in [2.24, 2.45) is 4.99 Å². The summed E-state index contributed by atoms with van der Waals surface area (Å²) >= 11 is 2.84. The summed E-state index contributed by atoms with van der Waals surface area (Å²) in [6.07, 6.45) is 2.42. The van der Waals surface area contributed by atoms with Crippen LogP contribution in [0.15, 0.2) is 32.8 Å². The van der Waals surface area contributed by atoms with Crippen LogP contribution in [0.4, 0.5) is 0 Å². The number of fused-ring (bicyclic) bond motifs is 1. The Morgan fingerprint density at radius 2 is 2.00 bits per heavy atom. The number of rotatable bonds is 3. The molecule has 1 nitrogen and oxygen atoms in total. The summed E-state index contributed by atoms with van der Waals surface area (Å²) in [6.45, 7) is 5.40. The van der Waals surface area contributed by atoms with Crippen LogP contribution in [0.25, 0.3) is 4.47 Å². The molecular formula is C14H16INSe. The van der Waals surface area contributed by atoms with Gasteiger partial charge in [0, 0.05) is 0 Å². The molecule has 0 spiro atoms. The van der Waals surface area contributed by atoms with Crippen molar-refractivity contribution in [3.05, 3.63) is 39.0 Å². The van der Waals surface area contributed by atoms with Gasteiger partial charge < -0.3 is 0 Å². The van der Waals surface area contributed by atoms with E-state index < -0.39 is 0 Å². The molecule has 0 unspecified atom stereocenters. The Hall–Kier alpha value is -0.121. The minimum absolute atomic E-state index is 0.405. The number of halogens is 1. The number of hydrogen-bond donors (Lipinski definition) is 0. The van der Waals surface area contributed by atoms with E-state index in [0.29, 0.717) is 15.0 Å². The summed E-state index contributed by atoms with van der Waals surface area (Å²) in [4.78, 5) is 4.79. The van der Waals surface area contributed by atoms with Gasteiger partial charge in [0.15, 0.2) is 0 Å². The topological polar surface area (TPSA) is 12.4 Å². The first-order valence-corrected chi connectivity index (χ1v) is 8.71. The van der Waals surface area contributed by atoms with Gasteiger partial charge in [-0.1, -0.05) is 0 Å². The molecular weight excluding hydrogens is 388 g/mol. The minimum atomic E-state index is 0.405. The first-order valence-electron chi connectivity index (χ1n) is 5.92. The van der Waals surface area contributed by atoms with Crippen molar-refractivity contribution in [3.8, 4) is 0 Å². The maximum atomic E-state index is 4.79. The van der Waals surface area contributed by atoms with E-state index in [0.717, 1.165) is 6.54 Å². The predicted octanol–water partition coefficient (Wildman–Crippen LogP) is 4.07. The molecule has 1 heterocycles. The van der Waals surface area contributed by atoms with Gasteiger partial charge in [0.1, 0.15) is 0 Å². The van der Waals surface area contributed by atoms with Gasteiger partial charge in [-0.2, -0.15) is 0 Å². The van der Waals surface area contributed by atoms with Gasteiger partial charge in [0.2, 0.25) is 0 Å². The second-order valence-electron chi connectivity index (χ2n) is 4.05. The first-order chi connectivity index (χ1) is 8.24. The third-order valence-corrected chi connectivity index (χ3v) is 6.71. The number of benzene rings is 1. The standard InChI is InChI=1S/C14H16INSe/c1-3-4-9-16-14-12-8-6-5-7-11(12)13(17-14)10(2)15/h5-8H,3-4,9H2,1-2H3/b13-10+,16-14?. The molecule has 0 saturated carbocycles. The molecule has 1 aliphatic heterocycles. The van der Waals surface area contributed by atoms with Gasteiger partial charge in [0.25, 0.3) is 0 Å². The van der Waals surface area contributed by atoms with Gasteiger partial charge in [-0.3, -0.25) is 0 Å². The summed E-state index contributed by atoms with van der Waals surface area (Å²) in [6, 6.07) is 8.70. The predicted molar refractivity (Wildman–Crippen MR) is 85.1 cm³/mol. The summed E-state index contributed by atoms with van der Waals surface area (Å²) < 4.78 is 4.27. The number of unbranched alkanes of at least 4 members (excludes halogenated alkanes) is 1. The van der Waals surface area contributed by atoms with Crippen molar-refractivity contribution in [2.75, 3.05) is 6.54 Å². The van der Waals surface area contributed by atoms with Crippen LogP contribution in [0.2, 0.25) is 0 Å². The second-order valence-corrected chi connectivity index (χ2v) is 7.76. The van der Waals surface area contributed by atoms with Crippen molar-refractivity contribution in [1.29, 1.82) is 0 Å². The molecule has 0 aliphatic carbocycles. The van der Waals surface area contributed by atoms with Crippen LogP contribution in [0.5, 0.6) is 0 Å². The van der Waals surface area contributed by atoms with E-state index in [-0.39, 0.29) is 0 Å².